The van der Waals surface area contributed by atoms with Crippen molar-refractivity contribution in [2.75, 3.05) is 23.8 Å². The number of nitrogens with zero attached hydrogens (tertiary/aromatic N) is 3. The second-order valence-corrected chi connectivity index (χ2v) is 18.6. The highest BCUT2D eigenvalue weighted by Gasteiger charge is 2.54. The lowest BCUT2D eigenvalue weighted by Crippen LogP contribution is -2.34. The normalized spacial score (nSPS) is 13.2. The zero-order valence-corrected chi connectivity index (χ0v) is 41.1. The van der Waals surface area contributed by atoms with E-state index in [2.05, 4.69) is 5.32 Å². The number of nitrogens with one attached hydrogen (secondary N) is 3. The molecule has 0 unspecified atom stereocenters. The Balaban J connectivity index is 0.761. The number of aromatic nitrogens is 3. The lowest BCUT2D eigenvalue weighted by Gasteiger charge is -2.37. The predicted octanol–water partition coefficient (Wildman–Crippen LogP) is 11.1. The molecule has 0 saturated carbocycles. The van der Waals surface area contributed by atoms with E-state index < -0.39 is 58.8 Å². The fourth-order valence-electron chi connectivity index (χ4n) is 9.39. The largest absolute Gasteiger partial charge is 0.508 e. The molecule has 10 rings (SSSR count). The topological polar surface area (TPSA) is 203 Å². The van der Waals surface area contributed by atoms with E-state index in [1.165, 1.54) is 42.5 Å². The molecule has 2 aromatic heterocycles. The van der Waals surface area contributed by atoms with Crippen LogP contribution in [0.3, 0.4) is 0 Å². The number of ether oxygens (including phenoxy) is 3. The van der Waals surface area contributed by atoms with Crippen molar-refractivity contribution in [1.29, 1.82) is 0 Å². The fraction of sp³-hybridized carbons (Fsp3) is 0.193. The smallest absolute Gasteiger partial charge is 0.471 e. The first-order valence-electron chi connectivity index (χ1n) is 24.5. The summed E-state index contributed by atoms with van der Waals surface area (Å²) in [7, 11) is 0. The van der Waals surface area contributed by atoms with E-state index in [4.69, 9.17) is 24.2 Å². The minimum Gasteiger partial charge on any atom is -0.508 e. The molecular formula is C57H43F7N6O9. The number of hydrogen-bond donors (Lipinski definition) is 5. The van der Waals surface area contributed by atoms with Gasteiger partial charge in [0, 0.05) is 76.9 Å². The molecule has 404 valence electrons. The number of halogens is 7. The number of alkyl halides is 6. The number of esters is 1. The standard InChI is InChI=1S/C57H43F7N6O9/c58-42-24-32(26-44-51(73)70-30-45(33-11-16-37(71)17-12-33)68-43(49(70)69-44)25-31-8-4-3-5-9-31)10-21-46(42)77-23-7-2-1-6-22-65-50(72)34-13-18-38-41(27-34)55(79-52(38)74)39-19-14-35(66-53(75)56(59,60)61)28-47(39)78-48-29-36(15-20-40(48)55)67-54(76)57(62,63)64/h3-5,8-21,24,27-30,71,73H,1-2,6-7,22-23,25-26H2,(H,65,72)(H,66,75)(H,67,76). The van der Waals surface area contributed by atoms with E-state index in [0.29, 0.717) is 60.4 Å². The van der Waals surface area contributed by atoms with Crippen LogP contribution in [0.15, 0.2) is 134 Å². The van der Waals surface area contributed by atoms with Crippen LogP contribution in [0.5, 0.6) is 28.9 Å². The maximum absolute atomic E-state index is 15.4. The Morgan fingerprint density at radius 1 is 0.671 bits per heavy atom. The molecule has 15 nitrogen and oxygen atoms in total. The van der Waals surface area contributed by atoms with Gasteiger partial charge in [0.05, 0.1) is 23.6 Å². The van der Waals surface area contributed by atoms with E-state index in [-0.39, 0.29) is 76.3 Å². The second kappa shape index (κ2) is 21.2. The van der Waals surface area contributed by atoms with Crippen molar-refractivity contribution in [3.63, 3.8) is 0 Å². The number of hydrogen-bond acceptors (Lipinski definition) is 11. The van der Waals surface area contributed by atoms with Crippen LogP contribution in [-0.4, -0.2) is 73.8 Å². The monoisotopic (exact) mass is 1090 g/mol. The fourth-order valence-corrected chi connectivity index (χ4v) is 9.39. The van der Waals surface area contributed by atoms with Crippen molar-refractivity contribution in [3.05, 3.63) is 190 Å². The molecule has 0 atom stereocenters. The Hall–Kier alpha value is -9.47. The van der Waals surface area contributed by atoms with Crippen LogP contribution in [-0.2, 0) is 32.8 Å². The van der Waals surface area contributed by atoms with E-state index in [1.807, 2.05) is 30.3 Å². The molecule has 2 aliphatic rings. The molecule has 79 heavy (non-hydrogen) atoms. The third kappa shape index (κ3) is 10.9. The molecule has 8 aromatic rings. The lowest BCUT2D eigenvalue weighted by atomic mass is 9.77. The van der Waals surface area contributed by atoms with Crippen LogP contribution >= 0.6 is 0 Å². The van der Waals surface area contributed by atoms with Crippen LogP contribution in [0.1, 0.15) is 85.6 Å². The second-order valence-electron chi connectivity index (χ2n) is 18.6. The van der Waals surface area contributed by atoms with Crippen molar-refractivity contribution in [1.82, 2.24) is 19.7 Å². The van der Waals surface area contributed by atoms with Gasteiger partial charge in [0.15, 0.2) is 22.8 Å². The van der Waals surface area contributed by atoms with Crippen LogP contribution in [0.25, 0.3) is 16.9 Å². The zero-order valence-electron chi connectivity index (χ0n) is 41.1. The molecule has 2 aliphatic heterocycles. The molecule has 0 radical (unpaired) electrons. The van der Waals surface area contributed by atoms with Crippen molar-refractivity contribution in [3.8, 4) is 40.1 Å². The SMILES string of the molecule is O=C(NCCCCCCOc1ccc(Cc2nc3c(Cc4ccccc4)nc(-c4ccc(O)cc4)cn3c2O)cc1F)c1ccc2c(c1)C1(OC2=O)c2ccc(NC(=O)C(F)(F)F)cc2Oc2cc(NC(=O)C(F)(F)F)ccc21. The summed E-state index contributed by atoms with van der Waals surface area (Å²) in [4.78, 5) is 60.3. The summed E-state index contributed by atoms with van der Waals surface area (Å²) < 4.78 is 114. The molecule has 0 aliphatic carbocycles. The van der Waals surface area contributed by atoms with Crippen molar-refractivity contribution in [2.24, 2.45) is 0 Å². The first-order valence-corrected chi connectivity index (χ1v) is 24.5. The van der Waals surface area contributed by atoms with Gasteiger partial charge in [-0.05, 0) is 103 Å². The number of phenolic OH excluding ortho intramolecular Hbond substituents is 1. The predicted molar refractivity (Wildman–Crippen MR) is 271 cm³/mol. The molecule has 22 heteroatoms. The third-order valence-electron chi connectivity index (χ3n) is 13.2. The van der Waals surface area contributed by atoms with Gasteiger partial charge in [-0.3, -0.25) is 18.8 Å². The van der Waals surface area contributed by atoms with Crippen LogP contribution in [0.4, 0.5) is 42.1 Å². The lowest BCUT2D eigenvalue weighted by molar-refractivity contribution is -0.167. The van der Waals surface area contributed by atoms with Gasteiger partial charge in [-0.25, -0.2) is 19.2 Å². The van der Waals surface area contributed by atoms with E-state index in [1.54, 1.807) is 51.6 Å². The van der Waals surface area contributed by atoms with Gasteiger partial charge in [-0.15, -0.1) is 0 Å². The van der Waals surface area contributed by atoms with Gasteiger partial charge >= 0.3 is 30.1 Å². The van der Waals surface area contributed by atoms with Crippen LogP contribution < -0.4 is 25.4 Å². The highest BCUT2D eigenvalue weighted by atomic mass is 19.4. The summed E-state index contributed by atoms with van der Waals surface area (Å²) in [5.41, 5.74) is 1.56. The van der Waals surface area contributed by atoms with Gasteiger partial charge in [-0.2, -0.15) is 26.3 Å². The number of phenols is 1. The summed E-state index contributed by atoms with van der Waals surface area (Å²) >= 11 is 0. The number of amides is 3. The Labute approximate surface area is 443 Å². The summed E-state index contributed by atoms with van der Waals surface area (Å²) in [5.74, 6) is -7.20. The van der Waals surface area contributed by atoms with Crippen LogP contribution in [0.2, 0.25) is 0 Å². The highest BCUT2D eigenvalue weighted by Crippen LogP contribution is 2.57. The number of imidazole rings is 1. The number of unbranched alkanes of at least 4 members (excludes halogenated alkanes) is 3. The highest BCUT2D eigenvalue weighted by molar-refractivity contribution is 6.01. The quantitative estimate of drug-likeness (QED) is 0.0350. The molecule has 4 heterocycles. The van der Waals surface area contributed by atoms with E-state index in [0.717, 1.165) is 35.4 Å². The molecule has 3 amide bonds. The number of fused-ring (bicyclic) bond motifs is 7. The first kappa shape index (κ1) is 52.9. The van der Waals surface area contributed by atoms with E-state index >= 15 is 4.39 Å². The molecule has 0 saturated heterocycles. The molecule has 0 fully saturated rings. The first-order chi connectivity index (χ1) is 37.7. The Kier molecular flexibility index (Phi) is 14.2. The average Bonchev–Trinajstić information content (AvgIpc) is 4.05. The summed E-state index contributed by atoms with van der Waals surface area (Å²) in [5, 5.41) is 27.5. The molecule has 5 N–H and O–H groups in total. The number of rotatable bonds is 16. The van der Waals surface area contributed by atoms with Crippen molar-refractivity contribution in [2.45, 2.75) is 56.5 Å². The summed E-state index contributed by atoms with van der Waals surface area (Å²) in [6, 6.07) is 31.5. The maximum Gasteiger partial charge on any atom is 0.471 e. The third-order valence-corrected chi connectivity index (χ3v) is 13.2. The minimum absolute atomic E-state index is 0.0189. The van der Waals surface area contributed by atoms with Gasteiger partial charge in [-0.1, -0.05) is 49.2 Å². The number of aromatic hydroxyl groups is 2. The maximum atomic E-state index is 15.4. The van der Waals surface area contributed by atoms with Gasteiger partial charge in [0.2, 0.25) is 5.88 Å². The summed E-state index contributed by atoms with van der Waals surface area (Å²) in [6.45, 7) is 0.413. The molecule has 1 spiro atoms. The Morgan fingerprint density at radius 2 is 1.32 bits per heavy atom. The van der Waals surface area contributed by atoms with Gasteiger partial charge in [0.25, 0.3) is 5.91 Å². The Bertz CT molecular complexity index is 3620. The Morgan fingerprint density at radius 3 is 1.96 bits per heavy atom. The molecular weight excluding hydrogens is 1050 g/mol. The molecule has 6 aromatic carbocycles. The summed E-state index contributed by atoms with van der Waals surface area (Å²) in [6.07, 6.45) is -5.97. The molecule has 0 bridgehead atoms. The minimum atomic E-state index is -5.27. The average molecular weight is 1090 g/mol. The van der Waals surface area contributed by atoms with Crippen molar-refractivity contribution < 1.29 is 74.3 Å². The van der Waals surface area contributed by atoms with Gasteiger partial charge < -0.3 is 40.4 Å². The van der Waals surface area contributed by atoms with E-state index in [9.17, 15) is 55.7 Å². The number of carbonyl (C=O) groups excluding carboxylic acids is 4. The number of carbonyl (C=O) groups is 4. The number of benzene rings is 6. The zero-order chi connectivity index (χ0) is 55.8. The van der Waals surface area contributed by atoms with Crippen molar-refractivity contribution >= 4 is 40.7 Å². The number of anilines is 2. The van der Waals surface area contributed by atoms with Gasteiger partial charge in [0.1, 0.15) is 22.9 Å². The van der Waals surface area contributed by atoms with Crippen LogP contribution in [0, 0.1) is 5.82 Å².